The summed E-state index contributed by atoms with van der Waals surface area (Å²) in [5.74, 6) is -2.71. The maximum absolute atomic E-state index is 13.1. The van der Waals surface area contributed by atoms with Crippen molar-refractivity contribution in [2.75, 3.05) is 11.9 Å². The molecule has 4 N–H and O–H groups in total. The summed E-state index contributed by atoms with van der Waals surface area (Å²) in [5, 5.41) is 11.4. The largest absolute Gasteiger partial charge is 0.478 e. The van der Waals surface area contributed by atoms with Gasteiger partial charge in [0.15, 0.2) is 0 Å². The van der Waals surface area contributed by atoms with E-state index < -0.39 is 23.6 Å². The van der Waals surface area contributed by atoms with Crippen molar-refractivity contribution in [1.82, 2.24) is 0 Å². The average molecular weight is 268 g/mol. The average Bonchev–Trinajstić information content (AvgIpc) is 2.28. The monoisotopic (exact) mass is 268 g/mol. The van der Waals surface area contributed by atoms with Gasteiger partial charge in [-0.15, -0.1) is 0 Å². The molecule has 6 heteroatoms. The first-order valence-electron chi connectivity index (χ1n) is 5.90. The van der Waals surface area contributed by atoms with Gasteiger partial charge in [-0.3, -0.25) is 4.79 Å². The molecule has 104 valence electrons. The number of carboxylic acids is 1. The van der Waals surface area contributed by atoms with Gasteiger partial charge >= 0.3 is 5.97 Å². The Morgan fingerprint density at radius 2 is 2.05 bits per heavy atom. The minimum Gasteiger partial charge on any atom is -0.478 e. The summed E-state index contributed by atoms with van der Waals surface area (Å²) in [6.45, 7) is 3.81. The van der Waals surface area contributed by atoms with Gasteiger partial charge in [-0.25, -0.2) is 9.18 Å². The molecule has 0 aliphatic heterocycles. The van der Waals surface area contributed by atoms with Crippen molar-refractivity contribution in [1.29, 1.82) is 0 Å². The van der Waals surface area contributed by atoms with E-state index in [0.717, 1.165) is 18.2 Å². The van der Waals surface area contributed by atoms with Gasteiger partial charge < -0.3 is 16.2 Å². The van der Waals surface area contributed by atoms with Crippen LogP contribution in [0.15, 0.2) is 18.2 Å². The number of carboxylic acid groups (broad SMARTS) is 1. The molecule has 0 radical (unpaired) electrons. The summed E-state index contributed by atoms with van der Waals surface area (Å²) in [7, 11) is 0. The van der Waals surface area contributed by atoms with Crippen molar-refractivity contribution in [3.05, 3.63) is 29.6 Å². The highest BCUT2D eigenvalue weighted by molar-refractivity contribution is 6.01. The minimum atomic E-state index is -1.23. The third-order valence-corrected chi connectivity index (χ3v) is 2.87. The fourth-order valence-electron chi connectivity index (χ4n) is 1.71. The zero-order chi connectivity index (χ0) is 14.6. The van der Waals surface area contributed by atoms with E-state index in [4.69, 9.17) is 10.8 Å². The summed E-state index contributed by atoms with van der Waals surface area (Å²) in [4.78, 5) is 23.0. The quantitative estimate of drug-likeness (QED) is 0.757. The number of carbonyl (C=O) groups excluding carboxylic acids is 1. The number of hydrogen-bond acceptors (Lipinski definition) is 3. The van der Waals surface area contributed by atoms with Gasteiger partial charge in [-0.1, -0.05) is 13.8 Å². The first kappa shape index (κ1) is 15.1. The third-order valence-electron chi connectivity index (χ3n) is 2.87. The normalized spacial score (nSPS) is 12.3. The summed E-state index contributed by atoms with van der Waals surface area (Å²) >= 11 is 0. The molecule has 1 amide bonds. The molecule has 5 nitrogen and oxygen atoms in total. The second-order valence-electron chi connectivity index (χ2n) is 4.57. The summed E-state index contributed by atoms with van der Waals surface area (Å²) in [5.41, 5.74) is 5.29. The van der Waals surface area contributed by atoms with Crippen LogP contribution in [-0.4, -0.2) is 23.5 Å². The van der Waals surface area contributed by atoms with Crippen LogP contribution in [0.1, 0.15) is 24.2 Å². The highest BCUT2D eigenvalue weighted by Gasteiger charge is 2.22. The van der Waals surface area contributed by atoms with Crippen LogP contribution in [-0.2, 0) is 4.79 Å². The van der Waals surface area contributed by atoms with E-state index >= 15 is 0 Å². The van der Waals surface area contributed by atoms with E-state index in [0.29, 0.717) is 0 Å². The summed E-state index contributed by atoms with van der Waals surface area (Å²) in [6, 6.07) is 3.12. The molecule has 19 heavy (non-hydrogen) atoms. The molecule has 1 atom stereocenters. The van der Waals surface area contributed by atoms with E-state index in [1.807, 2.05) is 13.8 Å². The lowest BCUT2D eigenvalue weighted by atomic mass is 9.95. The van der Waals surface area contributed by atoms with E-state index in [9.17, 15) is 14.0 Å². The van der Waals surface area contributed by atoms with Crippen LogP contribution in [0.25, 0.3) is 0 Å². The van der Waals surface area contributed by atoms with Crippen LogP contribution in [0.5, 0.6) is 0 Å². The molecule has 1 unspecified atom stereocenters. The van der Waals surface area contributed by atoms with Gasteiger partial charge in [-0.2, -0.15) is 0 Å². The topological polar surface area (TPSA) is 92.4 Å². The Balaban J connectivity index is 3.01. The number of hydrogen-bond donors (Lipinski definition) is 3. The van der Waals surface area contributed by atoms with E-state index in [2.05, 4.69) is 5.32 Å². The number of anilines is 1. The molecule has 0 spiro atoms. The Labute approximate surface area is 110 Å². The van der Waals surface area contributed by atoms with Crippen molar-refractivity contribution in [3.63, 3.8) is 0 Å². The van der Waals surface area contributed by atoms with Crippen LogP contribution in [0.2, 0.25) is 0 Å². The van der Waals surface area contributed by atoms with Crippen molar-refractivity contribution < 1.29 is 19.1 Å². The van der Waals surface area contributed by atoms with Gasteiger partial charge in [-0.05, 0) is 24.1 Å². The SMILES string of the molecule is CC(C)C(CN)C(=O)Nc1cc(F)ccc1C(=O)O. The van der Waals surface area contributed by atoms with Gasteiger partial charge in [0.1, 0.15) is 5.82 Å². The lowest BCUT2D eigenvalue weighted by molar-refractivity contribution is -0.120. The minimum absolute atomic E-state index is 0.00633. The standard InChI is InChI=1S/C13H17FN2O3/c1-7(2)10(6-15)12(17)16-11-5-8(14)3-4-9(11)13(18)19/h3-5,7,10H,6,15H2,1-2H3,(H,16,17)(H,18,19). The zero-order valence-electron chi connectivity index (χ0n) is 10.8. The van der Waals surface area contributed by atoms with Crippen LogP contribution >= 0.6 is 0 Å². The first-order chi connectivity index (χ1) is 8.86. The van der Waals surface area contributed by atoms with Crippen molar-refractivity contribution in [2.45, 2.75) is 13.8 Å². The van der Waals surface area contributed by atoms with Crippen molar-refractivity contribution in [3.8, 4) is 0 Å². The molecule has 1 aromatic rings. The van der Waals surface area contributed by atoms with Crippen LogP contribution < -0.4 is 11.1 Å². The van der Waals surface area contributed by atoms with Gasteiger partial charge in [0.2, 0.25) is 5.91 Å². The number of carbonyl (C=O) groups is 2. The third kappa shape index (κ3) is 3.75. The molecule has 0 aliphatic rings. The van der Waals surface area contributed by atoms with Crippen molar-refractivity contribution in [2.24, 2.45) is 17.6 Å². The number of rotatable bonds is 5. The van der Waals surface area contributed by atoms with Gasteiger partial charge in [0, 0.05) is 6.54 Å². The molecule has 1 rings (SSSR count). The second-order valence-corrected chi connectivity index (χ2v) is 4.57. The Morgan fingerprint density at radius 1 is 1.42 bits per heavy atom. The number of benzene rings is 1. The lowest BCUT2D eigenvalue weighted by Gasteiger charge is -2.19. The van der Waals surface area contributed by atoms with Crippen LogP contribution in [0.3, 0.4) is 0 Å². The molecule has 0 saturated heterocycles. The summed E-state index contributed by atoms with van der Waals surface area (Å²) in [6.07, 6.45) is 0. The van der Waals surface area contributed by atoms with E-state index in [1.54, 1.807) is 0 Å². The maximum Gasteiger partial charge on any atom is 0.337 e. The number of nitrogens with two attached hydrogens (primary N) is 1. The van der Waals surface area contributed by atoms with E-state index in [1.165, 1.54) is 0 Å². The Bertz CT molecular complexity index is 489. The zero-order valence-corrected chi connectivity index (χ0v) is 10.8. The van der Waals surface area contributed by atoms with E-state index in [-0.39, 0.29) is 23.7 Å². The first-order valence-corrected chi connectivity index (χ1v) is 5.90. The maximum atomic E-state index is 13.1. The molecule has 0 fully saturated rings. The number of amides is 1. The number of aromatic carboxylic acids is 1. The van der Waals surface area contributed by atoms with Crippen LogP contribution in [0, 0.1) is 17.7 Å². The summed E-state index contributed by atoms with van der Waals surface area (Å²) < 4.78 is 13.1. The predicted octanol–water partition coefficient (Wildman–Crippen LogP) is 1.69. The highest BCUT2D eigenvalue weighted by Crippen LogP contribution is 2.19. The molecule has 0 bridgehead atoms. The van der Waals surface area contributed by atoms with Crippen LogP contribution in [0.4, 0.5) is 10.1 Å². The Hall–Kier alpha value is -1.95. The molecule has 0 saturated carbocycles. The molecule has 0 heterocycles. The highest BCUT2D eigenvalue weighted by atomic mass is 19.1. The Kier molecular flexibility index (Phi) is 5.00. The lowest BCUT2D eigenvalue weighted by Crippen LogP contribution is -2.33. The molecule has 0 aromatic heterocycles. The second kappa shape index (κ2) is 6.29. The predicted molar refractivity (Wildman–Crippen MR) is 69.4 cm³/mol. The molecular weight excluding hydrogens is 251 g/mol. The fourth-order valence-corrected chi connectivity index (χ4v) is 1.71. The number of halogens is 1. The number of nitrogens with one attached hydrogen (secondary N) is 1. The molecular formula is C13H17FN2O3. The smallest absolute Gasteiger partial charge is 0.337 e. The molecule has 0 aliphatic carbocycles. The van der Waals surface area contributed by atoms with Crippen molar-refractivity contribution >= 4 is 17.6 Å². The van der Waals surface area contributed by atoms with Gasteiger partial charge in [0.25, 0.3) is 0 Å². The molecule has 1 aromatic carbocycles. The van der Waals surface area contributed by atoms with Gasteiger partial charge in [0.05, 0.1) is 17.2 Å². The fraction of sp³-hybridized carbons (Fsp3) is 0.385. The Morgan fingerprint density at radius 3 is 2.53 bits per heavy atom.